The van der Waals surface area contributed by atoms with Crippen molar-refractivity contribution in [2.24, 2.45) is 5.92 Å². The molecule has 4 nitrogen and oxygen atoms in total. The van der Waals surface area contributed by atoms with E-state index in [1.165, 1.54) is 11.5 Å². The smallest absolute Gasteiger partial charge is 0.231 e. The van der Waals surface area contributed by atoms with Crippen LogP contribution in [0.2, 0.25) is 0 Å². The SMILES string of the molecule is CCC1SCCSC1c1noc(C(C(C)C)C(C)NC)n1. The highest BCUT2D eigenvalue weighted by Gasteiger charge is 2.33. The highest BCUT2D eigenvalue weighted by atomic mass is 32.2. The van der Waals surface area contributed by atoms with Gasteiger partial charge in [-0.1, -0.05) is 25.9 Å². The molecule has 0 saturated carbocycles. The number of rotatable bonds is 6. The van der Waals surface area contributed by atoms with Crippen LogP contribution in [0.4, 0.5) is 0 Å². The molecule has 2 rings (SSSR count). The first kappa shape index (κ1) is 17.2. The third-order valence-corrected chi connectivity index (χ3v) is 7.40. The molecule has 2 heterocycles. The minimum Gasteiger partial charge on any atom is -0.339 e. The first-order chi connectivity index (χ1) is 10.1. The highest BCUT2D eigenvalue weighted by molar-refractivity contribution is 8.06. The molecular weight excluding hydrogens is 302 g/mol. The number of nitrogens with zero attached hydrogens (tertiary/aromatic N) is 2. The first-order valence-corrected chi connectivity index (χ1v) is 9.92. The molecule has 1 aromatic heterocycles. The van der Waals surface area contributed by atoms with E-state index in [2.05, 4.69) is 38.2 Å². The van der Waals surface area contributed by atoms with Gasteiger partial charge in [-0.2, -0.15) is 16.7 Å². The lowest BCUT2D eigenvalue weighted by molar-refractivity contribution is 0.284. The van der Waals surface area contributed by atoms with Crippen molar-refractivity contribution in [2.75, 3.05) is 18.6 Å². The van der Waals surface area contributed by atoms with E-state index < -0.39 is 0 Å². The Balaban J connectivity index is 2.19. The third kappa shape index (κ3) is 3.96. The Morgan fingerprint density at radius 3 is 2.62 bits per heavy atom. The van der Waals surface area contributed by atoms with Gasteiger partial charge in [0.15, 0.2) is 5.82 Å². The summed E-state index contributed by atoms with van der Waals surface area (Å²) < 4.78 is 5.63. The van der Waals surface area contributed by atoms with E-state index in [-0.39, 0.29) is 5.92 Å². The van der Waals surface area contributed by atoms with Crippen LogP contribution < -0.4 is 5.32 Å². The van der Waals surface area contributed by atoms with Crippen molar-refractivity contribution in [3.8, 4) is 0 Å². The van der Waals surface area contributed by atoms with Gasteiger partial charge in [0.05, 0.1) is 11.2 Å². The minimum absolute atomic E-state index is 0.262. The van der Waals surface area contributed by atoms with Gasteiger partial charge < -0.3 is 9.84 Å². The number of hydrogen-bond donors (Lipinski definition) is 1. The molecule has 0 aromatic carbocycles. The average Bonchev–Trinajstić information content (AvgIpc) is 2.96. The topological polar surface area (TPSA) is 51.0 Å². The first-order valence-electron chi connectivity index (χ1n) is 7.82. The fraction of sp³-hybridized carbons (Fsp3) is 0.867. The largest absolute Gasteiger partial charge is 0.339 e. The average molecular weight is 330 g/mol. The molecule has 4 atom stereocenters. The molecule has 0 radical (unpaired) electrons. The van der Waals surface area contributed by atoms with Crippen LogP contribution in [0.15, 0.2) is 4.52 Å². The van der Waals surface area contributed by atoms with Gasteiger partial charge >= 0.3 is 0 Å². The van der Waals surface area contributed by atoms with Gasteiger partial charge in [-0.3, -0.25) is 0 Å². The van der Waals surface area contributed by atoms with Gasteiger partial charge in [0.2, 0.25) is 5.89 Å². The minimum atomic E-state index is 0.262. The van der Waals surface area contributed by atoms with E-state index in [0.717, 1.165) is 18.1 Å². The Kier molecular flexibility index (Phi) is 6.44. The summed E-state index contributed by atoms with van der Waals surface area (Å²) >= 11 is 4.02. The molecule has 1 aliphatic rings. The van der Waals surface area contributed by atoms with Crippen molar-refractivity contribution in [3.05, 3.63) is 11.7 Å². The zero-order chi connectivity index (χ0) is 15.4. The summed E-state index contributed by atoms with van der Waals surface area (Å²) in [5, 5.41) is 8.61. The summed E-state index contributed by atoms with van der Waals surface area (Å²) in [4.78, 5) is 4.77. The summed E-state index contributed by atoms with van der Waals surface area (Å²) in [5.74, 6) is 4.82. The normalized spacial score (nSPS) is 26.0. The van der Waals surface area contributed by atoms with Gasteiger partial charge in [-0.15, -0.1) is 11.8 Å². The summed E-state index contributed by atoms with van der Waals surface area (Å²) in [5.41, 5.74) is 0. The molecule has 1 fully saturated rings. The van der Waals surface area contributed by atoms with Crippen molar-refractivity contribution in [2.45, 2.75) is 56.6 Å². The van der Waals surface area contributed by atoms with Gasteiger partial charge in [0.25, 0.3) is 0 Å². The van der Waals surface area contributed by atoms with Crippen molar-refractivity contribution in [1.82, 2.24) is 15.5 Å². The predicted octanol–water partition coefficient (Wildman–Crippen LogP) is 3.72. The van der Waals surface area contributed by atoms with Gasteiger partial charge in [0.1, 0.15) is 0 Å². The van der Waals surface area contributed by atoms with Gasteiger partial charge in [-0.05, 0) is 26.3 Å². The van der Waals surface area contributed by atoms with E-state index >= 15 is 0 Å². The van der Waals surface area contributed by atoms with Crippen LogP contribution in [-0.4, -0.2) is 40.0 Å². The second kappa shape index (κ2) is 7.88. The molecule has 4 unspecified atom stereocenters. The maximum Gasteiger partial charge on any atom is 0.231 e. The number of hydrogen-bond acceptors (Lipinski definition) is 6. The molecule has 1 aromatic rings. The molecule has 0 amide bonds. The molecule has 6 heteroatoms. The monoisotopic (exact) mass is 329 g/mol. The maximum atomic E-state index is 5.63. The van der Waals surface area contributed by atoms with Crippen LogP contribution in [0.3, 0.4) is 0 Å². The number of aromatic nitrogens is 2. The molecule has 1 N–H and O–H groups in total. The lowest BCUT2D eigenvalue weighted by atomic mass is 9.89. The van der Waals surface area contributed by atoms with Crippen LogP contribution in [0.1, 0.15) is 57.0 Å². The molecular formula is C15H27N3OS2. The Morgan fingerprint density at radius 1 is 1.29 bits per heavy atom. The zero-order valence-electron chi connectivity index (χ0n) is 13.6. The molecule has 1 saturated heterocycles. The molecule has 0 spiro atoms. The number of thioether (sulfide) groups is 2. The van der Waals surface area contributed by atoms with Crippen molar-refractivity contribution < 1.29 is 4.52 Å². The molecule has 21 heavy (non-hydrogen) atoms. The van der Waals surface area contributed by atoms with Crippen LogP contribution in [0.25, 0.3) is 0 Å². The number of nitrogens with one attached hydrogen (secondary N) is 1. The summed E-state index contributed by atoms with van der Waals surface area (Å²) in [7, 11) is 1.98. The summed E-state index contributed by atoms with van der Waals surface area (Å²) in [6.45, 7) is 8.84. The predicted molar refractivity (Wildman–Crippen MR) is 92.1 cm³/mol. The molecule has 0 aliphatic carbocycles. The Hall–Kier alpha value is -0.200. The van der Waals surface area contributed by atoms with Crippen LogP contribution in [0.5, 0.6) is 0 Å². The standard InChI is InChI=1S/C15H27N3OS2/c1-6-11-13(21-8-7-20-11)14-17-15(19-18-14)12(9(2)3)10(4)16-5/h9-13,16H,6-8H2,1-5H3. The zero-order valence-corrected chi connectivity index (χ0v) is 15.3. The van der Waals surface area contributed by atoms with Gasteiger partial charge in [-0.25, -0.2) is 0 Å². The Bertz CT molecular complexity index is 438. The lowest BCUT2D eigenvalue weighted by Gasteiger charge is -2.27. The Labute approximate surface area is 136 Å². The molecule has 0 bridgehead atoms. The lowest BCUT2D eigenvalue weighted by Crippen LogP contribution is -2.32. The van der Waals surface area contributed by atoms with Crippen LogP contribution in [0, 0.1) is 5.92 Å². The highest BCUT2D eigenvalue weighted by Crippen LogP contribution is 2.43. The quantitative estimate of drug-likeness (QED) is 0.858. The van der Waals surface area contributed by atoms with E-state index in [1.54, 1.807) is 0 Å². The second-order valence-corrected chi connectivity index (χ2v) is 8.54. The third-order valence-electron chi connectivity index (χ3n) is 4.16. The van der Waals surface area contributed by atoms with Crippen LogP contribution in [-0.2, 0) is 0 Å². The van der Waals surface area contributed by atoms with Crippen molar-refractivity contribution in [3.63, 3.8) is 0 Å². The molecule has 1 aliphatic heterocycles. The van der Waals surface area contributed by atoms with E-state index in [9.17, 15) is 0 Å². The Morgan fingerprint density at radius 2 is 2.00 bits per heavy atom. The van der Waals surface area contributed by atoms with Crippen molar-refractivity contribution in [1.29, 1.82) is 0 Å². The van der Waals surface area contributed by atoms with Crippen molar-refractivity contribution >= 4 is 23.5 Å². The second-order valence-electron chi connectivity index (χ2n) is 5.95. The number of likely N-dealkylation sites (N-methyl/N-ethyl adjacent to an activating group) is 1. The fourth-order valence-corrected chi connectivity index (χ4v) is 5.88. The summed E-state index contributed by atoms with van der Waals surface area (Å²) in [6.07, 6.45) is 1.16. The van der Waals surface area contributed by atoms with E-state index in [4.69, 9.17) is 9.51 Å². The fourth-order valence-electron chi connectivity index (χ4n) is 2.90. The maximum absolute atomic E-state index is 5.63. The molecule has 120 valence electrons. The van der Waals surface area contributed by atoms with E-state index in [1.807, 2.05) is 30.6 Å². The van der Waals surface area contributed by atoms with Gasteiger partial charge in [0, 0.05) is 22.8 Å². The summed E-state index contributed by atoms with van der Waals surface area (Å²) in [6, 6.07) is 0.327. The van der Waals surface area contributed by atoms with E-state index in [0.29, 0.717) is 22.5 Å². The van der Waals surface area contributed by atoms with Crippen LogP contribution >= 0.6 is 23.5 Å².